The summed E-state index contributed by atoms with van der Waals surface area (Å²) in [7, 11) is -3.87. The van der Waals surface area contributed by atoms with Crippen molar-refractivity contribution < 1.29 is 32.3 Å². The minimum Gasteiger partial charge on any atom is -0.456 e. The van der Waals surface area contributed by atoms with Crippen molar-refractivity contribution in [2.45, 2.75) is 58.2 Å². The summed E-state index contributed by atoms with van der Waals surface area (Å²) in [6, 6.07) is 7.56. The van der Waals surface area contributed by atoms with E-state index in [4.69, 9.17) is 9.47 Å². The Bertz CT molecular complexity index is 990. The third-order valence-corrected chi connectivity index (χ3v) is 5.63. The molecule has 0 saturated carbocycles. The van der Waals surface area contributed by atoms with Gasteiger partial charge >= 0.3 is 12.1 Å². The van der Waals surface area contributed by atoms with Gasteiger partial charge in [0, 0.05) is 6.26 Å². The lowest BCUT2D eigenvalue weighted by Gasteiger charge is -2.46. The van der Waals surface area contributed by atoms with Crippen molar-refractivity contribution in [1.82, 2.24) is 10.2 Å². The number of allylic oxidation sites excluding steroid dienone is 1. The van der Waals surface area contributed by atoms with Crippen LogP contribution in [0.2, 0.25) is 0 Å². The molecule has 1 saturated heterocycles. The normalized spacial score (nSPS) is 18.6. The van der Waals surface area contributed by atoms with E-state index in [1.54, 1.807) is 58.9 Å². The molecule has 10 heteroatoms. The van der Waals surface area contributed by atoms with Crippen LogP contribution in [0.5, 0.6) is 0 Å². The maximum absolute atomic E-state index is 12.8. The summed E-state index contributed by atoms with van der Waals surface area (Å²) in [5, 5.41) is 0.837. The van der Waals surface area contributed by atoms with Gasteiger partial charge in [-0.15, -0.1) is 0 Å². The zero-order valence-electron chi connectivity index (χ0n) is 18.5. The van der Waals surface area contributed by atoms with Gasteiger partial charge < -0.3 is 14.8 Å². The van der Waals surface area contributed by atoms with E-state index in [0.29, 0.717) is 5.57 Å². The fourth-order valence-corrected chi connectivity index (χ4v) is 4.31. The molecule has 0 aromatic heterocycles. The number of hydrogen-bond donors (Lipinski definition) is 1. The second-order valence-electron chi connectivity index (χ2n) is 8.46. The second kappa shape index (κ2) is 9.09. The molecule has 1 aliphatic rings. The minimum absolute atomic E-state index is 0.0401. The van der Waals surface area contributed by atoms with Crippen LogP contribution >= 0.6 is 0 Å². The highest BCUT2D eigenvalue weighted by atomic mass is 32.2. The van der Waals surface area contributed by atoms with Crippen molar-refractivity contribution in [2.24, 2.45) is 0 Å². The Labute approximate surface area is 182 Å². The van der Waals surface area contributed by atoms with Gasteiger partial charge in [-0.05, 0) is 45.8 Å². The zero-order valence-corrected chi connectivity index (χ0v) is 19.3. The van der Waals surface area contributed by atoms with E-state index in [0.717, 1.165) is 16.7 Å². The molecule has 2 atom stereocenters. The Morgan fingerprint density at radius 1 is 1.13 bits per heavy atom. The summed E-state index contributed by atoms with van der Waals surface area (Å²) >= 11 is 0. The minimum atomic E-state index is -3.87. The Morgan fingerprint density at radius 2 is 1.71 bits per heavy atom. The third-order valence-electron chi connectivity index (χ3n) is 4.27. The third kappa shape index (κ3) is 6.06. The van der Waals surface area contributed by atoms with Gasteiger partial charge in [0.2, 0.25) is 0 Å². The number of β-lactam (4-membered cyclic amide) rings is 1. The molecular weight excluding hydrogens is 424 g/mol. The Morgan fingerprint density at radius 3 is 2.19 bits per heavy atom. The summed E-state index contributed by atoms with van der Waals surface area (Å²) < 4.78 is 35.2. The molecule has 2 amide bonds. The van der Waals surface area contributed by atoms with Crippen molar-refractivity contribution >= 4 is 27.8 Å². The average Bonchev–Trinajstić information content (AvgIpc) is 2.62. The Kier molecular flexibility index (Phi) is 7.15. The fraction of sp³-hybridized carbons (Fsp3) is 0.476. The Hall–Kier alpha value is -2.88. The second-order valence-corrected chi connectivity index (χ2v) is 10.6. The molecule has 0 radical (unpaired) electrons. The SMILES string of the molecule is CC(C)=C(C(=O)OCc1ccccc1)N1C(=O)C(NC(=O)OC(C)(C)C)C1S(C)(=O)=O. The average molecular weight is 453 g/mol. The zero-order chi connectivity index (χ0) is 23.6. The van der Waals surface area contributed by atoms with E-state index in [1.807, 2.05) is 6.07 Å². The lowest BCUT2D eigenvalue weighted by molar-refractivity contribution is -0.152. The molecule has 1 aliphatic heterocycles. The highest BCUT2D eigenvalue weighted by Crippen LogP contribution is 2.32. The molecule has 0 spiro atoms. The molecule has 1 fully saturated rings. The van der Waals surface area contributed by atoms with Crippen molar-refractivity contribution in [3.05, 3.63) is 47.2 Å². The van der Waals surface area contributed by atoms with Crippen molar-refractivity contribution in [2.75, 3.05) is 6.26 Å². The standard InChI is InChI=1S/C21H28N2O7S/c1-13(2)16(19(25)29-12-14-10-8-7-9-11-14)23-17(24)15(18(23)31(6,27)28)22-20(26)30-21(3,4)5/h7-11,15,18H,12H2,1-6H3,(H,22,26). The van der Waals surface area contributed by atoms with E-state index in [-0.39, 0.29) is 12.3 Å². The van der Waals surface area contributed by atoms with Crippen LogP contribution in [0.25, 0.3) is 0 Å². The number of rotatable bonds is 6. The van der Waals surface area contributed by atoms with E-state index in [9.17, 15) is 22.8 Å². The van der Waals surface area contributed by atoms with Gasteiger partial charge in [-0.1, -0.05) is 30.3 Å². The number of alkyl carbamates (subject to hydrolysis) is 1. The first-order valence-corrected chi connectivity index (χ1v) is 11.6. The maximum Gasteiger partial charge on any atom is 0.408 e. The number of amides is 2. The number of sulfone groups is 1. The van der Waals surface area contributed by atoms with Crippen LogP contribution in [0.1, 0.15) is 40.2 Å². The highest BCUT2D eigenvalue weighted by Gasteiger charge is 2.57. The number of nitrogens with one attached hydrogen (secondary N) is 1. The van der Waals surface area contributed by atoms with E-state index in [2.05, 4.69) is 5.32 Å². The van der Waals surface area contributed by atoms with Crippen molar-refractivity contribution in [3.63, 3.8) is 0 Å². The van der Waals surface area contributed by atoms with Crippen molar-refractivity contribution in [1.29, 1.82) is 0 Å². The van der Waals surface area contributed by atoms with Crippen LogP contribution in [-0.2, 0) is 35.5 Å². The summed E-state index contributed by atoms with van der Waals surface area (Å²) in [5.41, 5.74) is 0.140. The van der Waals surface area contributed by atoms with Gasteiger partial charge in [0.1, 0.15) is 23.9 Å². The summed E-state index contributed by atoms with van der Waals surface area (Å²) in [5.74, 6) is -1.57. The molecule has 0 bridgehead atoms. The number of esters is 1. The topological polar surface area (TPSA) is 119 Å². The lowest BCUT2D eigenvalue weighted by Crippen LogP contribution is -2.73. The first-order valence-electron chi connectivity index (χ1n) is 9.62. The fourth-order valence-electron chi connectivity index (χ4n) is 3.04. The van der Waals surface area contributed by atoms with Crippen LogP contribution in [0.3, 0.4) is 0 Å². The van der Waals surface area contributed by atoms with Crippen LogP contribution in [0, 0.1) is 0 Å². The van der Waals surface area contributed by atoms with Gasteiger partial charge in [-0.25, -0.2) is 18.0 Å². The molecule has 9 nitrogen and oxygen atoms in total. The van der Waals surface area contributed by atoms with Gasteiger partial charge in [0.15, 0.2) is 15.2 Å². The molecule has 1 heterocycles. The predicted molar refractivity (Wildman–Crippen MR) is 113 cm³/mol. The number of carbonyl (C=O) groups excluding carboxylic acids is 3. The van der Waals surface area contributed by atoms with Gasteiger partial charge in [0.25, 0.3) is 5.91 Å². The molecule has 170 valence electrons. The van der Waals surface area contributed by atoms with E-state index < -0.39 is 44.8 Å². The smallest absolute Gasteiger partial charge is 0.408 e. The first kappa shape index (κ1) is 24.4. The maximum atomic E-state index is 12.8. The van der Waals surface area contributed by atoms with Gasteiger partial charge in [0.05, 0.1) is 0 Å². The number of ether oxygens (including phenoxy) is 2. The molecule has 0 aliphatic carbocycles. The number of benzene rings is 1. The summed E-state index contributed by atoms with van der Waals surface area (Å²) in [6.45, 7) is 8.01. The van der Waals surface area contributed by atoms with E-state index >= 15 is 0 Å². The summed E-state index contributed by atoms with van der Waals surface area (Å²) in [6.07, 6.45) is 0.00302. The number of nitrogens with zero attached hydrogens (tertiary/aromatic N) is 1. The first-order chi connectivity index (χ1) is 14.2. The quantitative estimate of drug-likeness (QED) is 0.399. The molecule has 2 rings (SSSR count). The van der Waals surface area contributed by atoms with Crippen LogP contribution < -0.4 is 5.32 Å². The number of hydrogen-bond acceptors (Lipinski definition) is 7. The molecule has 2 unspecified atom stereocenters. The largest absolute Gasteiger partial charge is 0.456 e. The number of likely N-dealkylation sites (tertiary alicyclic amines) is 1. The molecule has 1 aromatic carbocycles. The molecule has 31 heavy (non-hydrogen) atoms. The molecule has 1 aromatic rings. The van der Waals surface area contributed by atoms with Crippen LogP contribution in [0.15, 0.2) is 41.6 Å². The van der Waals surface area contributed by atoms with Gasteiger partial charge in [-0.3, -0.25) is 9.69 Å². The predicted octanol–water partition coefficient (Wildman–Crippen LogP) is 2.13. The van der Waals surface area contributed by atoms with Gasteiger partial charge in [-0.2, -0.15) is 0 Å². The molecular formula is C21H28N2O7S. The number of carbonyl (C=O) groups is 3. The monoisotopic (exact) mass is 452 g/mol. The Balaban J connectivity index is 2.24. The highest BCUT2D eigenvalue weighted by molar-refractivity contribution is 7.91. The van der Waals surface area contributed by atoms with Crippen molar-refractivity contribution in [3.8, 4) is 0 Å². The summed E-state index contributed by atoms with van der Waals surface area (Å²) in [4.78, 5) is 38.5. The lowest BCUT2D eigenvalue weighted by atomic mass is 10.0. The molecule has 1 N–H and O–H groups in total. The van der Waals surface area contributed by atoms with Crippen LogP contribution in [-0.4, -0.2) is 54.6 Å². The van der Waals surface area contributed by atoms with E-state index in [1.165, 1.54) is 0 Å². The van der Waals surface area contributed by atoms with Crippen LogP contribution in [0.4, 0.5) is 4.79 Å².